The van der Waals surface area contributed by atoms with Gasteiger partial charge in [0.15, 0.2) is 0 Å². The van der Waals surface area contributed by atoms with Crippen LogP contribution in [0.1, 0.15) is 18.4 Å². The predicted molar refractivity (Wildman–Crippen MR) is 68.0 cm³/mol. The van der Waals surface area contributed by atoms with Crippen LogP contribution in [0.25, 0.3) is 0 Å². The van der Waals surface area contributed by atoms with Crippen LogP contribution in [0.3, 0.4) is 0 Å². The van der Waals surface area contributed by atoms with Gasteiger partial charge in [0.2, 0.25) is 0 Å². The molecule has 17 heavy (non-hydrogen) atoms. The fourth-order valence-corrected chi connectivity index (χ4v) is 1.69. The van der Waals surface area contributed by atoms with Crippen LogP contribution < -0.4 is 10.1 Å². The number of rotatable bonds is 7. The molecule has 0 aromatic heterocycles. The van der Waals surface area contributed by atoms with E-state index in [2.05, 4.69) is 11.9 Å². The molecule has 0 aliphatic heterocycles. The molecule has 1 aliphatic carbocycles. The second-order valence-corrected chi connectivity index (χ2v) is 4.54. The third-order valence-electron chi connectivity index (χ3n) is 3.11. The molecule has 0 heterocycles. The van der Waals surface area contributed by atoms with Crippen LogP contribution in [0, 0.1) is 0 Å². The quantitative estimate of drug-likeness (QED) is 0.706. The summed E-state index contributed by atoms with van der Waals surface area (Å²) in [4.78, 5) is 0. The summed E-state index contributed by atoms with van der Waals surface area (Å²) in [5, 5.41) is 12.6. The third kappa shape index (κ3) is 3.32. The number of aliphatic hydroxyl groups excluding tert-OH is 1. The lowest BCUT2D eigenvalue weighted by molar-refractivity contribution is 0.229. The first-order chi connectivity index (χ1) is 8.28. The minimum atomic E-state index is -0.00197. The molecule has 0 bridgehead atoms. The maximum absolute atomic E-state index is 9.18. The molecule has 0 unspecified atom stereocenters. The molecule has 0 saturated heterocycles. The van der Waals surface area contributed by atoms with E-state index in [0.29, 0.717) is 6.61 Å². The minimum absolute atomic E-state index is 0.00197. The average Bonchev–Trinajstić information content (AvgIpc) is 3.16. The van der Waals surface area contributed by atoms with Gasteiger partial charge >= 0.3 is 0 Å². The van der Waals surface area contributed by atoms with E-state index in [9.17, 15) is 5.11 Å². The Balaban J connectivity index is 1.83. The van der Waals surface area contributed by atoms with Crippen LogP contribution in [0.4, 0.5) is 0 Å². The van der Waals surface area contributed by atoms with Crippen molar-refractivity contribution >= 4 is 0 Å². The van der Waals surface area contributed by atoms with Crippen molar-refractivity contribution in [3.05, 3.63) is 42.5 Å². The van der Waals surface area contributed by atoms with Crippen molar-refractivity contribution in [1.82, 2.24) is 5.32 Å². The Hall–Kier alpha value is -1.32. The lowest BCUT2D eigenvalue weighted by Crippen LogP contribution is -2.34. The molecule has 2 rings (SSSR count). The molecule has 0 amide bonds. The minimum Gasteiger partial charge on any atom is -0.490 e. The molecule has 1 saturated carbocycles. The molecule has 1 aromatic rings. The number of hydrogen-bond donors (Lipinski definition) is 2. The fraction of sp³-hybridized carbons (Fsp3) is 0.429. The van der Waals surface area contributed by atoms with Gasteiger partial charge in [-0.3, -0.25) is 0 Å². The van der Waals surface area contributed by atoms with Gasteiger partial charge in [-0.25, -0.2) is 0 Å². The molecule has 0 radical (unpaired) electrons. The summed E-state index contributed by atoms with van der Waals surface area (Å²) in [5.74, 6) is 0.858. The van der Waals surface area contributed by atoms with Crippen LogP contribution >= 0.6 is 0 Å². The SMILES string of the molecule is C=CCOc1ccc(CNC2(CO)CC2)cc1. The van der Waals surface area contributed by atoms with Crippen LogP contribution in [0.15, 0.2) is 36.9 Å². The summed E-state index contributed by atoms with van der Waals surface area (Å²) in [6.07, 6.45) is 3.88. The van der Waals surface area contributed by atoms with Crippen LogP contribution in [0.5, 0.6) is 5.75 Å². The Labute approximate surface area is 102 Å². The van der Waals surface area contributed by atoms with Crippen molar-refractivity contribution in [2.24, 2.45) is 0 Å². The maximum Gasteiger partial charge on any atom is 0.119 e. The van der Waals surface area contributed by atoms with E-state index < -0.39 is 0 Å². The van der Waals surface area contributed by atoms with Gasteiger partial charge in [0.25, 0.3) is 0 Å². The smallest absolute Gasteiger partial charge is 0.119 e. The van der Waals surface area contributed by atoms with Gasteiger partial charge < -0.3 is 15.2 Å². The first-order valence-corrected chi connectivity index (χ1v) is 5.96. The molecule has 3 heteroatoms. The van der Waals surface area contributed by atoms with Gasteiger partial charge in [0, 0.05) is 12.1 Å². The molecule has 0 atom stereocenters. The highest BCUT2D eigenvalue weighted by Gasteiger charge is 2.41. The lowest BCUT2D eigenvalue weighted by atomic mass is 10.2. The molecular formula is C14H19NO2. The second kappa shape index (κ2) is 5.34. The zero-order valence-corrected chi connectivity index (χ0v) is 9.98. The van der Waals surface area contributed by atoms with Gasteiger partial charge in [-0.15, -0.1) is 0 Å². The average molecular weight is 233 g/mol. The van der Waals surface area contributed by atoms with E-state index in [0.717, 1.165) is 25.1 Å². The topological polar surface area (TPSA) is 41.5 Å². The normalized spacial score (nSPS) is 16.5. The highest BCUT2D eigenvalue weighted by Crippen LogP contribution is 2.34. The van der Waals surface area contributed by atoms with Crippen molar-refractivity contribution in [3.8, 4) is 5.75 Å². The van der Waals surface area contributed by atoms with E-state index >= 15 is 0 Å². The maximum atomic E-state index is 9.18. The van der Waals surface area contributed by atoms with E-state index in [1.54, 1.807) is 6.08 Å². The molecule has 1 fully saturated rings. The van der Waals surface area contributed by atoms with Crippen molar-refractivity contribution in [3.63, 3.8) is 0 Å². The Morgan fingerprint density at radius 2 is 2.06 bits per heavy atom. The molecule has 1 aliphatic rings. The van der Waals surface area contributed by atoms with Crippen LogP contribution in [0.2, 0.25) is 0 Å². The van der Waals surface area contributed by atoms with Gasteiger partial charge in [-0.1, -0.05) is 24.8 Å². The zero-order valence-electron chi connectivity index (χ0n) is 9.98. The second-order valence-electron chi connectivity index (χ2n) is 4.54. The summed E-state index contributed by atoms with van der Waals surface area (Å²) in [6.45, 7) is 5.16. The zero-order chi connectivity index (χ0) is 12.1. The van der Waals surface area contributed by atoms with Gasteiger partial charge in [0.1, 0.15) is 12.4 Å². The van der Waals surface area contributed by atoms with E-state index in [-0.39, 0.29) is 12.1 Å². The van der Waals surface area contributed by atoms with Gasteiger partial charge in [-0.05, 0) is 30.5 Å². The highest BCUT2D eigenvalue weighted by molar-refractivity contribution is 5.27. The molecular weight excluding hydrogens is 214 g/mol. The summed E-state index contributed by atoms with van der Waals surface area (Å²) in [7, 11) is 0. The van der Waals surface area contributed by atoms with E-state index in [4.69, 9.17) is 4.74 Å². The summed E-state index contributed by atoms with van der Waals surface area (Å²) >= 11 is 0. The van der Waals surface area contributed by atoms with Crippen molar-refractivity contribution in [1.29, 1.82) is 0 Å². The van der Waals surface area contributed by atoms with Crippen molar-refractivity contribution < 1.29 is 9.84 Å². The number of aliphatic hydroxyl groups is 1. The van der Waals surface area contributed by atoms with Crippen molar-refractivity contribution in [2.75, 3.05) is 13.2 Å². The summed E-state index contributed by atoms with van der Waals surface area (Å²) < 4.78 is 5.41. The third-order valence-corrected chi connectivity index (χ3v) is 3.11. The Kier molecular flexibility index (Phi) is 3.82. The molecule has 0 spiro atoms. The number of benzene rings is 1. The first kappa shape index (κ1) is 12.1. The van der Waals surface area contributed by atoms with Gasteiger partial charge in [0.05, 0.1) is 6.61 Å². The van der Waals surface area contributed by atoms with E-state index in [1.165, 1.54) is 5.56 Å². The molecule has 2 N–H and O–H groups in total. The number of nitrogens with one attached hydrogen (secondary N) is 1. The first-order valence-electron chi connectivity index (χ1n) is 5.96. The molecule has 92 valence electrons. The van der Waals surface area contributed by atoms with Crippen molar-refractivity contribution in [2.45, 2.75) is 24.9 Å². The molecule has 1 aromatic carbocycles. The monoisotopic (exact) mass is 233 g/mol. The predicted octanol–water partition coefficient (Wildman–Crippen LogP) is 1.87. The standard InChI is InChI=1S/C14H19NO2/c1-2-9-17-13-5-3-12(4-6-13)10-15-14(11-16)7-8-14/h2-6,15-16H,1,7-11H2. The van der Waals surface area contributed by atoms with Gasteiger partial charge in [-0.2, -0.15) is 0 Å². The number of hydrogen-bond acceptors (Lipinski definition) is 3. The number of ether oxygens (including phenoxy) is 1. The van der Waals surface area contributed by atoms with Crippen LogP contribution in [-0.4, -0.2) is 23.9 Å². The van der Waals surface area contributed by atoms with Crippen LogP contribution in [-0.2, 0) is 6.54 Å². The Morgan fingerprint density at radius 1 is 1.35 bits per heavy atom. The fourth-order valence-electron chi connectivity index (χ4n) is 1.69. The summed E-state index contributed by atoms with van der Waals surface area (Å²) in [6, 6.07) is 8.00. The summed E-state index contributed by atoms with van der Waals surface area (Å²) in [5.41, 5.74) is 1.20. The van der Waals surface area contributed by atoms with E-state index in [1.807, 2.05) is 24.3 Å². The Morgan fingerprint density at radius 3 is 2.59 bits per heavy atom. The lowest BCUT2D eigenvalue weighted by Gasteiger charge is -2.14. The highest BCUT2D eigenvalue weighted by atomic mass is 16.5. The largest absolute Gasteiger partial charge is 0.490 e. The Bertz CT molecular complexity index is 368. The molecule has 3 nitrogen and oxygen atoms in total.